The van der Waals surface area contributed by atoms with Gasteiger partial charge in [-0.05, 0) is 67.7 Å². The fraction of sp³-hybridized carbons (Fsp3) is 0.591. The molecule has 0 aliphatic heterocycles. The molecule has 0 spiro atoms. The number of hydrazone groups is 1. The van der Waals surface area contributed by atoms with Gasteiger partial charge < -0.3 is 10.1 Å². The van der Waals surface area contributed by atoms with Gasteiger partial charge in [0.05, 0.1) is 0 Å². The van der Waals surface area contributed by atoms with Crippen LogP contribution in [0.25, 0.3) is 0 Å². The maximum absolute atomic E-state index is 12.1. The highest BCUT2D eigenvalue weighted by Crippen LogP contribution is 2.63. The summed E-state index contributed by atoms with van der Waals surface area (Å²) in [6.07, 6.45) is 5.31. The lowest BCUT2D eigenvalue weighted by atomic mass is 9.70. The van der Waals surface area contributed by atoms with Gasteiger partial charge in [-0.15, -0.1) is 0 Å². The number of fused-ring (bicyclic) bond motifs is 2. The predicted molar refractivity (Wildman–Crippen MR) is 108 cm³/mol. The van der Waals surface area contributed by atoms with Crippen molar-refractivity contribution in [1.29, 1.82) is 0 Å². The largest absolute Gasteiger partial charge is 0.484 e. The first-order chi connectivity index (χ1) is 13.3. The Bertz CT molecular complexity index is 811. The van der Waals surface area contributed by atoms with Gasteiger partial charge in [0, 0.05) is 22.7 Å². The van der Waals surface area contributed by atoms with Gasteiger partial charge in [0.2, 0.25) is 5.91 Å². The summed E-state index contributed by atoms with van der Waals surface area (Å²) < 4.78 is 5.54. The topological polar surface area (TPSA) is 79.8 Å². The molecule has 3 aliphatic carbocycles. The van der Waals surface area contributed by atoms with Crippen molar-refractivity contribution in [3.8, 4) is 5.75 Å². The van der Waals surface area contributed by atoms with E-state index in [1.807, 2.05) is 0 Å². The third kappa shape index (κ3) is 3.40. The highest BCUT2D eigenvalue weighted by atomic mass is 16.5. The number of hydrogen-bond acceptors (Lipinski definition) is 4. The first-order valence-corrected chi connectivity index (χ1v) is 10.2. The van der Waals surface area contributed by atoms with Crippen LogP contribution < -0.4 is 15.5 Å². The van der Waals surface area contributed by atoms with E-state index < -0.39 is 0 Å². The standard InChI is InChI=1S/C22H29N3O3/c1-21(2)15-10-11-22(21,3)18(12-15)24-25-19(26)13-28-17-8-6-16(7-9-17)23-20(27)14-4-5-14/h6-9,14-15H,4-5,10-13H2,1-3H3,(H,23,27)(H,25,26). The van der Waals surface area contributed by atoms with Gasteiger partial charge in [-0.1, -0.05) is 20.8 Å². The van der Waals surface area contributed by atoms with Crippen molar-refractivity contribution in [2.45, 2.75) is 52.9 Å². The van der Waals surface area contributed by atoms with Gasteiger partial charge in [0.1, 0.15) is 5.75 Å². The van der Waals surface area contributed by atoms with Gasteiger partial charge in [0.15, 0.2) is 6.61 Å². The Morgan fingerprint density at radius 1 is 1.14 bits per heavy atom. The van der Waals surface area contributed by atoms with E-state index in [1.54, 1.807) is 24.3 Å². The SMILES string of the molecule is CC12CCC(CC1=NNC(=O)COc1ccc(NC(=O)C3CC3)cc1)C2(C)C. The molecular formula is C22H29N3O3. The minimum Gasteiger partial charge on any atom is -0.484 e. The van der Waals surface area contributed by atoms with E-state index in [0.29, 0.717) is 11.7 Å². The Balaban J connectivity index is 1.26. The van der Waals surface area contributed by atoms with E-state index in [1.165, 1.54) is 6.42 Å². The van der Waals surface area contributed by atoms with E-state index in [4.69, 9.17) is 4.74 Å². The molecule has 0 radical (unpaired) electrons. The molecule has 3 fully saturated rings. The molecule has 3 saturated carbocycles. The lowest BCUT2D eigenvalue weighted by molar-refractivity contribution is -0.123. The van der Waals surface area contributed by atoms with Crippen LogP contribution in [0.15, 0.2) is 29.4 Å². The van der Waals surface area contributed by atoms with Crippen LogP contribution in [-0.2, 0) is 9.59 Å². The number of hydrogen-bond donors (Lipinski definition) is 2. The maximum atomic E-state index is 12.1. The molecular weight excluding hydrogens is 354 g/mol. The number of carbonyl (C=O) groups excluding carboxylic acids is 2. The van der Waals surface area contributed by atoms with Crippen molar-refractivity contribution in [3.05, 3.63) is 24.3 Å². The summed E-state index contributed by atoms with van der Waals surface area (Å²) >= 11 is 0. The number of nitrogens with one attached hydrogen (secondary N) is 2. The molecule has 2 N–H and O–H groups in total. The fourth-order valence-corrected chi connectivity index (χ4v) is 4.63. The van der Waals surface area contributed by atoms with E-state index >= 15 is 0 Å². The molecule has 0 aromatic heterocycles. The number of amides is 2. The van der Waals surface area contributed by atoms with E-state index in [0.717, 1.165) is 37.1 Å². The molecule has 6 heteroatoms. The average Bonchev–Trinajstić information content (AvgIpc) is 3.46. The van der Waals surface area contributed by atoms with Crippen molar-refractivity contribution >= 4 is 23.2 Å². The quantitative estimate of drug-likeness (QED) is 0.735. The number of benzene rings is 1. The molecule has 2 unspecified atom stereocenters. The third-order valence-corrected chi connectivity index (χ3v) is 7.27. The van der Waals surface area contributed by atoms with Crippen molar-refractivity contribution < 1.29 is 14.3 Å². The average molecular weight is 383 g/mol. The number of anilines is 1. The summed E-state index contributed by atoms with van der Waals surface area (Å²) in [5, 5.41) is 7.32. The minimum absolute atomic E-state index is 0.0737. The highest BCUT2D eigenvalue weighted by Gasteiger charge is 2.60. The zero-order valence-corrected chi connectivity index (χ0v) is 16.9. The Hall–Kier alpha value is -2.37. The zero-order chi connectivity index (χ0) is 19.9. The van der Waals surface area contributed by atoms with Crippen LogP contribution in [0, 0.1) is 22.7 Å². The molecule has 3 aliphatic rings. The van der Waals surface area contributed by atoms with Crippen molar-refractivity contribution in [2.24, 2.45) is 27.8 Å². The van der Waals surface area contributed by atoms with Crippen LogP contribution in [0.4, 0.5) is 5.69 Å². The number of carbonyl (C=O) groups is 2. The van der Waals surface area contributed by atoms with Crippen LogP contribution in [0.2, 0.25) is 0 Å². The number of nitrogens with zero attached hydrogens (tertiary/aromatic N) is 1. The van der Waals surface area contributed by atoms with Crippen molar-refractivity contribution in [2.75, 3.05) is 11.9 Å². The summed E-state index contributed by atoms with van der Waals surface area (Å²) in [7, 11) is 0. The van der Waals surface area contributed by atoms with Gasteiger partial charge in [0.25, 0.3) is 5.91 Å². The predicted octanol–water partition coefficient (Wildman–Crippen LogP) is 3.73. The molecule has 2 atom stereocenters. The normalized spacial score (nSPS) is 29.0. The Morgan fingerprint density at radius 2 is 1.86 bits per heavy atom. The van der Waals surface area contributed by atoms with Gasteiger partial charge in [-0.25, -0.2) is 5.43 Å². The molecule has 150 valence electrons. The monoisotopic (exact) mass is 383 g/mol. The summed E-state index contributed by atoms with van der Waals surface area (Å²) in [6, 6.07) is 7.07. The summed E-state index contributed by atoms with van der Waals surface area (Å²) in [5.41, 5.74) is 4.83. The van der Waals surface area contributed by atoms with Crippen molar-refractivity contribution in [3.63, 3.8) is 0 Å². The smallest absolute Gasteiger partial charge is 0.277 e. The Kier molecular flexibility index (Phi) is 4.68. The van der Waals surface area contributed by atoms with E-state index in [9.17, 15) is 9.59 Å². The lowest BCUT2D eigenvalue weighted by Gasteiger charge is -2.34. The molecule has 2 amide bonds. The molecule has 4 rings (SSSR count). The van der Waals surface area contributed by atoms with E-state index in [-0.39, 0.29) is 35.2 Å². The van der Waals surface area contributed by atoms with Gasteiger partial charge in [-0.2, -0.15) is 5.10 Å². The Morgan fingerprint density at radius 3 is 2.43 bits per heavy atom. The number of rotatable bonds is 6. The van der Waals surface area contributed by atoms with Crippen LogP contribution >= 0.6 is 0 Å². The third-order valence-electron chi connectivity index (χ3n) is 7.27. The van der Waals surface area contributed by atoms with Gasteiger partial charge in [-0.3, -0.25) is 9.59 Å². The summed E-state index contributed by atoms with van der Waals surface area (Å²) in [6.45, 7) is 6.81. The lowest BCUT2D eigenvalue weighted by Crippen LogP contribution is -2.35. The molecule has 1 aromatic carbocycles. The minimum atomic E-state index is -0.261. The first kappa shape index (κ1) is 19.0. The second-order valence-electron chi connectivity index (χ2n) is 9.16. The fourth-order valence-electron chi connectivity index (χ4n) is 4.63. The number of ether oxygens (including phenoxy) is 1. The Labute approximate surface area is 166 Å². The van der Waals surface area contributed by atoms with E-state index in [2.05, 4.69) is 36.6 Å². The molecule has 1 aromatic rings. The molecule has 6 nitrogen and oxygen atoms in total. The second kappa shape index (κ2) is 6.90. The molecule has 0 heterocycles. The molecule has 2 bridgehead atoms. The first-order valence-electron chi connectivity index (χ1n) is 10.2. The summed E-state index contributed by atoms with van der Waals surface area (Å²) in [4.78, 5) is 23.9. The highest BCUT2D eigenvalue weighted by molar-refractivity contribution is 5.95. The van der Waals surface area contributed by atoms with Crippen LogP contribution in [0.1, 0.15) is 52.9 Å². The molecule has 28 heavy (non-hydrogen) atoms. The second-order valence-corrected chi connectivity index (χ2v) is 9.16. The maximum Gasteiger partial charge on any atom is 0.277 e. The summed E-state index contributed by atoms with van der Waals surface area (Å²) in [5.74, 6) is 1.22. The van der Waals surface area contributed by atoms with Crippen LogP contribution in [-0.4, -0.2) is 24.1 Å². The van der Waals surface area contributed by atoms with Gasteiger partial charge >= 0.3 is 0 Å². The van der Waals surface area contributed by atoms with Crippen LogP contribution in [0.5, 0.6) is 5.75 Å². The van der Waals surface area contributed by atoms with Crippen LogP contribution in [0.3, 0.4) is 0 Å². The molecule has 0 saturated heterocycles. The zero-order valence-electron chi connectivity index (χ0n) is 16.9. The van der Waals surface area contributed by atoms with Crippen molar-refractivity contribution in [1.82, 2.24) is 5.43 Å².